The highest BCUT2D eigenvalue weighted by atomic mass is 28.3. The third-order valence-electron chi connectivity index (χ3n) is 13.3. The van der Waals surface area contributed by atoms with E-state index in [0.29, 0.717) is 6.04 Å². The molecule has 0 aliphatic carbocycles. The van der Waals surface area contributed by atoms with Crippen molar-refractivity contribution in [2.45, 2.75) is 113 Å². The van der Waals surface area contributed by atoms with Gasteiger partial charge in [0.05, 0.1) is 49.7 Å². The fourth-order valence-corrected chi connectivity index (χ4v) is 10.4. The van der Waals surface area contributed by atoms with Crippen LogP contribution in [0.3, 0.4) is 0 Å². The molecule has 0 bridgehead atoms. The quantitative estimate of drug-likeness (QED) is 0.0249. The summed E-state index contributed by atoms with van der Waals surface area (Å²) >= 11 is 0. The second-order valence-corrected chi connectivity index (χ2v) is 25.8. The molecule has 77 heavy (non-hydrogen) atoms. The van der Waals surface area contributed by atoms with Crippen LogP contribution in [0.5, 0.6) is 0 Å². The van der Waals surface area contributed by atoms with Crippen molar-refractivity contribution >= 4 is 26.0 Å². The van der Waals surface area contributed by atoms with E-state index in [2.05, 4.69) is 26.2 Å². The van der Waals surface area contributed by atoms with E-state index in [4.69, 9.17) is 47.4 Å². The topological polar surface area (TPSA) is 164 Å². The Kier molecular flexibility index (Phi) is 20.3. The van der Waals surface area contributed by atoms with Crippen LogP contribution in [0.25, 0.3) is 0 Å². The van der Waals surface area contributed by atoms with Crippen molar-refractivity contribution in [3.63, 3.8) is 0 Å². The summed E-state index contributed by atoms with van der Waals surface area (Å²) in [6.45, 7) is 10.3. The van der Waals surface area contributed by atoms with Crippen LogP contribution in [-0.4, -0.2) is 112 Å². The first-order valence-corrected chi connectivity index (χ1v) is 29.7. The van der Waals surface area contributed by atoms with Gasteiger partial charge in [0, 0.05) is 8.07 Å². The number of hydrogen-bond acceptors (Lipinski definition) is 14. The monoisotopic (exact) mass is 1060 g/mol. The molecular weight excluding hydrogens is 997 g/mol. The predicted molar refractivity (Wildman–Crippen MR) is 290 cm³/mol. The summed E-state index contributed by atoms with van der Waals surface area (Å²) in [5.74, 6) is -2.33. The smallest absolute Gasteiger partial charge is 0.339 e. The third kappa shape index (κ3) is 15.5. The predicted octanol–water partition coefficient (Wildman–Crippen LogP) is 10.2. The lowest BCUT2D eigenvalue weighted by atomic mass is 9.83. The zero-order valence-corrected chi connectivity index (χ0v) is 44.7. The number of esters is 3. The molecule has 2 aliphatic rings. The maximum atomic E-state index is 14.7. The first-order valence-electron chi connectivity index (χ1n) is 26.0. The van der Waals surface area contributed by atoms with E-state index in [9.17, 15) is 19.5 Å². The molecule has 2 aliphatic heterocycles. The van der Waals surface area contributed by atoms with Crippen molar-refractivity contribution < 1.29 is 66.9 Å². The van der Waals surface area contributed by atoms with E-state index in [-0.39, 0.29) is 56.1 Å². The number of aliphatic hydroxyl groups is 1. The Morgan fingerprint density at radius 2 is 1.03 bits per heavy atom. The standard InChI is InChI=1S/C62H68O14Si/c1-5-37-68-54-52(69-40-45-26-14-7-15-27-45)50(42-67-39-44-24-12-6-13-25-44)72-60(55(54)70-41-46-28-16-8-17-29-46)74-53-51(43-71-57(63)47-30-18-9-19-31-47)73-61(66)62(36-38-77(2,3)4,76-59(65)49-34-22-11-23-35-49)56(53)75-58(64)48-32-20-10-21-33-48/h5-35,50-56,60-61,66H,1,36-43H2,2-4H3/t50-,51-,52+,53+,54+,55-,56+,60-,61-,62-/m1/s1. The number of rotatable bonds is 25. The molecule has 404 valence electrons. The van der Waals surface area contributed by atoms with Crippen molar-refractivity contribution in [1.82, 2.24) is 0 Å². The summed E-state index contributed by atoms with van der Waals surface area (Å²) in [5.41, 5.74) is 1.09. The highest BCUT2D eigenvalue weighted by Gasteiger charge is 2.63. The van der Waals surface area contributed by atoms with Gasteiger partial charge < -0.3 is 52.5 Å². The highest BCUT2D eigenvalue weighted by molar-refractivity contribution is 6.76. The molecule has 6 aromatic rings. The molecule has 2 fully saturated rings. The van der Waals surface area contributed by atoms with E-state index >= 15 is 0 Å². The Morgan fingerprint density at radius 3 is 1.55 bits per heavy atom. The molecule has 8 rings (SSSR count). The van der Waals surface area contributed by atoms with Crippen LogP contribution in [0.1, 0.15) is 54.2 Å². The van der Waals surface area contributed by atoms with E-state index in [1.54, 1.807) is 97.1 Å². The molecule has 0 saturated carbocycles. The van der Waals surface area contributed by atoms with Gasteiger partial charge in [-0.2, -0.15) is 0 Å². The van der Waals surface area contributed by atoms with E-state index in [0.717, 1.165) is 16.7 Å². The van der Waals surface area contributed by atoms with Gasteiger partial charge in [-0.25, -0.2) is 14.4 Å². The van der Waals surface area contributed by atoms with Crippen molar-refractivity contribution in [2.75, 3.05) is 19.8 Å². The van der Waals surface area contributed by atoms with Gasteiger partial charge in [0.2, 0.25) is 5.60 Å². The second kappa shape index (κ2) is 27.6. The van der Waals surface area contributed by atoms with Crippen molar-refractivity contribution in [2.24, 2.45) is 0 Å². The highest BCUT2D eigenvalue weighted by Crippen LogP contribution is 2.43. The summed E-state index contributed by atoms with van der Waals surface area (Å²) in [5, 5.41) is 12.7. The molecule has 0 spiro atoms. The SMILES string of the molecule is C=CCO[C@H]1[C@@H](OCc2ccccc2)[C@@H](COCc2ccccc2)O[C@H](O[C@H]2[C@@H](COC(=O)c3ccccc3)O[C@@H](O)[C@](CC[Si](C)(C)C)(OC(=O)c3ccccc3)[C@H]2OC(=O)c2ccccc2)[C@@H]1OCc1ccccc1. The van der Waals surface area contributed by atoms with Gasteiger partial charge in [0.1, 0.15) is 43.2 Å². The Hall–Kier alpha value is -6.63. The maximum absolute atomic E-state index is 14.7. The summed E-state index contributed by atoms with van der Waals surface area (Å²) in [6.07, 6.45) is -10.3. The van der Waals surface area contributed by atoms with E-state index in [1.807, 2.05) is 91.0 Å². The minimum absolute atomic E-state index is 0.0210. The molecule has 10 atom stereocenters. The fourth-order valence-electron chi connectivity index (χ4n) is 9.23. The van der Waals surface area contributed by atoms with Gasteiger partial charge in [-0.1, -0.05) is 177 Å². The minimum Gasteiger partial charge on any atom is -0.459 e. The molecule has 0 amide bonds. The van der Waals surface area contributed by atoms with Crippen LogP contribution in [0.4, 0.5) is 0 Å². The van der Waals surface area contributed by atoms with Crippen LogP contribution in [0.15, 0.2) is 195 Å². The van der Waals surface area contributed by atoms with Crippen molar-refractivity contribution in [3.8, 4) is 0 Å². The number of carbonyl (C=O) groups excluding carboxylic acids is 3. The molecule has 14 nitrogen and oxygen atoms in total. The number of benzene rings is 6. The van der Waals surface area contributed by atoms with Gasteiger partial charge in [-0.3, -0.25) is 0 Å². The Labute approximate surface area is 451 Å². The normalized spacial score (nSPS) is 24.3. The van der Waals surface area contributed by atoms with Crippen molar-refractivity contribution in [3.05, 3.63) is 228 Å². The Bertz CT molecular complexity index is 2750. The molecule has 6 aromatic carbocycles. The summed E-state index contributed by atoms with van der Waals surface area (Å²) in [7, 11) is -2.10. The Balaban J connectivity index is 1.27. The lowest BCUT2D eigenvalue weighted by molar-refractivity contribution is -0.379. The lowest BCUT2D eigenvalue weighted by Gasteiger charge is -2.53. The molecule has 2 saturated heterocycles. The zero-order chi connectivity index (χ0) is 54.0. The molecule has 0 aromatic heterocycles. The maximum Gasteiger partial charge on any atom is 0.339 e. The molecule has 0 unspecified atom stereocenters. The van der Waals surface area contributed by atoms with Gasteiger partial charge in [-0.15, -0.1) is 6.58 Å². The van der Waals surface area contributed by atoms with Gasteiger partial charge in [0.15, 0.2) is 18.7 Å². The molecule has 15 heteroatoms. The van der Waals surface area contributed by atoms with Crippen LogP contribution in [0.2, 0.25) is 25.7 Å². The molecule has 1 N–H and O–H groups in total. The Morgan fingerprint density at radius 1 is 0.558 bits per heavy atom. The number of aliphatic hydroxyl groups excluding tert-OH is 1. The fraction of sp³-hybridized carbons (Fsp3) is 0.339. The van der Waals surface area contributed by atoms with Gasteiger partial charge in [-0.05, 0) is 59.5 Å². The van der Waals surface area contributed by atoms with Gasteiger partial charge >= 0.3 is 17.9 Å². The third-order valence-corrected chi connectivity index (χ3v) is 15.1. The average molecular weight is 1070 g/mol. The summed E-state index contributed by atoms with van der Waals surface area (Å²) in [6, 6.07) is 54.4. The lowest BCUT2D eigenvalue weighted by Crippen LogP contribution is -2.71. The summed E-state index contributed by atoms with van der Waals surface area (Å²) in [4.78, 5) is 43.1. The minimum atomic E-state index is -2.14. The average Bonchev–Trinajstić information content (AvgIpc) is 3.48. The molecule has 2 heterocycles. The number of ether oxygens (including phenoxy) is 10. The van der Waals surface area contributed by atoms with Crippen LogP contribution in [-0.2, 0) is 67.2 Å². The number of hydrogen-bond donors (Lipinski definition) is 1. The zero-order valence-electron chi connectivity index (χ0n) is 43.7. The van der Waals surface area contributed by atoms with E-state index < -0.39 is 93.5 Å². The molecular formula is C62H68O14Si. The van der Waals surface area contributed by atoms with Crippen LogP contribution in [0, 0.1) is 0 Å². The van der Waals surface area contributed by atoms with Gasteiger partial charge in [0.25, 0.3) is 0 Å². The number of carbonyl (C=O) groups is 3. The first kappa shape index (κ1) is 56.6. The second-order valence-electron chi connectivity index (χ2n) is 20.2. The first-order chi connectivity index (χ1) is 37.4. The van der Waals surface area contributed by atoms with Crippen LogP contribution < -0.4 is 0 Å². The largest absolute Gasteiger partial charge is 0.459 e. The van der Waals surface area contributed by atoms with Crippen LogP contribution >= 0.6 is 0 Å². The van der Waals surface area contributed by atoms with Crippen molar-refractivity contribution in [1.29, 1.82) is 0 Å². The van der Waals surface area contributed by atoms with E-state index in [1.165, 1.54) is 0 Å². The summed E-state index contributed by atoms with van der Waals surface area (Å²) < 4.78 is 67.1. The molecule has 0 radical (unpaired) electrons.